The number of nitro groups is 1. The van der Waals surface area contributed by atoms with Gasteiger partial charge in [-0.05, 0) is 44.6 Å². The summed E-state index contributed by atoms with van der Waals surface area (Å²) >= 11 is 0. The summed E-state index contributed by atoms with van der Waals surface area (Å²) in [5.74, 6) is 0.889. The number of halogens is 1. The summed E-state index contributed by atoms with van der Waals surface area (Å²) in [6, 6.07) is 6.57. The highest BCUT2D eigenvalue weighted by Gasteiger charge is 2.23. The van der Waals surface area contributed by atoms with Crippen LogP contribution < -0.4 is 5.32 Å². The molecule has 1 atom stereocenters. The molecule has 2 fully saturated rings. The van der Waals surface area contributed by atoms with Crippen LogP contribution in [0, 0.1) is 10.1 Å². The van der Waals surface area contributed by atoms with Crippen LogP contribution in [0.1, 0.15) is 44.6 Å². The molecule has 8 nitrogen and oxygen atoms in total. The first-order valence-corrected chi connectivity index (χ1v) is 10.7. The fraction of sp³-hybridized carbons (Fsp3) is 0.667. The molecule has 0 aromatic heterocycles. The van der Waals surface area contributed by atoms with Gasteiger partial charge in [-0.1, -0.05) is 12.1 Å². The van der Waals surface area contributed by atoms with Crippen LogP contribution in [-0.2, 0) is 16.0 Å². The number of aliphatic imine (C=N–C) groups is 1. The summed E-state index contributed by atoms with van der Waals surface area (Å²) in [5, 5.41) is 14.1. The van der Waals surface area contributed by atoms with Gasteiger partial charge < -0.3 is 19.7 Å². The fourth-order valence-electron chi connectivity index (χ4n) is 3.73. The number of nitrogens with one attached hydrogen (secondary N) is 1. The molecule has 0 radical (unpaired) electrons. The third-order valence-corrected chi connectivity index (χ3v) is 5.43. The Morgan fingerprint density at radius 1 is 1.27 bits per heavy atom. The number of hydrogen-bond acceptors (Lipinski definition) is 5. The Morgan fingerprint density at radius 2 is 2.00 bits per heavy atom. The Bertz CT molecular complexity index is 672. The van der Waals surface area contributed by atoms with Crippen molar-refractivity contribution in [1.29, 1.82) is 0 Å². The van der Waals surface area contributed by atoms with Crippen molar-refractivity contribution in [2.75, 3.05) is 32.8 Å². The molecule has 2 saturated heterocycles. The number of non-ortho nitro benzene ring substituents is 1. The van der Waals surface area contributed by atoms with Crippen LogP contribution in [0.15, 0.2) is 29.3 Å². The van der Waals surface area contributed by atoms with E-state index < -0.39 is 0 Å². The van der Waals surface area contributed by atoms with Gasteiger partial charge in [0.25, 0.3) is 5.69 Å². The lowest BCUT2D eigenvalue weighted by atomic mass is 10.1. The monoisotopic (exact) mass is 532 g/mol. The normalized spacial score (nSPS) is 20.5. The van der Waals surface area contributed by atoms with Crippen LogP contribution in [0.5, 0.6) is 0 Å². The largest absolute Gasteiger partial charge is 0.376 e. The van der Waals surface area contributed by atoms with Crippen molar-refractivity contribution in [3.63, 3.8) is 0 Å². The van der Waals surface area contributed by atoms with Crippen LogP contribution in [0.4, 0.5) is 5.69 Å². The lowest BCUT2D eigenvalue weighted by Crippen LogP contribution is -2.47. The van der Waals surface area contributed by atoms with Crippen molar-refractivity contribution >= 4 is 35.6 Å². The average molecular weight is 532 g/mol. The lowest BCUT2D eigenvalue weighted by Gasteiger charge is -2.35. The van der Waals surface area contributed by atoms with Crippen molar-refractivity contribution in [1.82, 2.24) is 10.2 Å². The van der Waals surface area contributed by atoms with Gasteiger partial charge in [0.2, 0.25) is 0 Å². The van der Waals surface area contributed by atoms with Crippen LogP contribution >= 0.6 is 24.0 Å². The topological polar surface area (TPSA) is 89.2 Å². The predicted octanol–water partition coefficient (Wildman–Crippen LogP) is 3.73. The predicted molar refractivity (Wildman–Crippen MR) is 127 cm³/mol. The number of hydrogen-bond donors (Lipinski definition) is 1. The Hall–Kier alpha value is -1.46. The second kappa shape index (κ2) is 13.1. The Balaban J connectivity index is 0.00000320. The summed E-state index contributed by atoms with van der Waals surface area (Å²) in [5.41, 5.74) is 1.06. The van der Waals surface area contributed by atoms with Crippen LogP contribution in [0.2, 0.25) is 0 Å². The average Bonchev–Trinajstić information content (AvgIpc) is 2.76. The van der Waals surface area contributed by atoms with Gasteiger partial charge in [0.1, 0.15) is 0 Å². The molecule has 3 rings (SSSR count). The van der Waals surface area contributed by atoms with Crippen molar-refractivity contribution in [3.05, 3.63) is 39.9 Å². The minimum Gasteiger partial charge on any atom is -0.376 e. The molecule has 1 aromatic carbocycles. The van der Waals surface area contributed by atoms with Gasteiger partial charge in [-0.25, -0.2) is 4.99 Å². The molecule has 30 heavy (non-hydrogen) atoms. The minimum absolute atomic E-state index is 0. The Labute approximate surface area is 195 Å². The number of guanidine groups is 1. The molecule has 1 N–H and O–H groups in total. The molecule has 2 aliphatic heterocycles. The standard InChI is InChI=1S/C21H32N4O4.HI/c1-2-22-21(23-15-17-6-8-18(9-7-17)25(26)27)24-12-10-19(11-13-24)29-16-20-5-3-4-14-28-20;/h6-9,19-20H,2-5,10-16H2,1H3,(H,22,23);1H. The molecule has 0 amide bonds. The molecule has 2 heterocycles. The number of ether oxygens (including phenoxy) is 2. The first kappa shape index (κ1) is 24.8. The number of rotatable bonds is 7. The van der Waals surface area contributed by atoms with E-state index >= 15 is 0 Å². The maximum Gasteiger partial charge on any atom is 0.269 e. The van der Waals surface area contributed by atoms with Crippen LogP contribution in [0.25, 0.3) is 0 Å². The smallest absolute Gasteiger partial charge is 0.269 e. The van der Waals surface area contributed by atoms with Crippen LogP contribution in [-0.4, -0.2) is 60.8 Å². The third-order valence-electron chi connectivity index (χ3n) is 5.43. The summed E-state index contributed by atoms with van der Waals surface area (Å²) in [6.07, 6.45) is 6.03. The van der Waals surface area contributed by atoms with Crippen molar-refractivity contribution in [2.24, 2.45) is 4.99 Å². The van der Waals surface area contributed by atoms with E-state index in [1.54, 1.807) is 12.1 Å². The maximum atomic E-state index is 10.8. The first-order valence-electron chi connectivity index (χ1n) is 10.7. The Morgan fingerprint density at radius 3 is 2.60 bits per heavy atom. The zero-order chi connectivity index (χ0) is 20.5. The second-order valence-electron chi connectivity index (χ2n) is 7.60. The van der Waals surface area contributed by atoms with Gasteiger partial charge in [0.15, 0.2) is 5.96 Å². The van der Waals surface area contributed by atoms with E-state index in [1.807, 2.05) is 0 Å². The quantitative estimate of drug-likeness (QED) is 0.189. The number of piperidine rings is 1. The SMILES string of the molecule is CCNC(=NCc1ccc([N+](=O)[O-])cc1)N1CCC(OCC2CCCCO2)CC1.I. The first-order chi connectivity index (χ1) is 14.2. The zero-order valence-electron chi connectivity index (χ0n) is 17.6. The van der Waals surface area contributed by atoms with Gasteiger partial charge >= 0.3 is 0 Å². The summed E-state index contributed by atoms with van der Waals surface area (Å²) in [7, 11) is 0. The number of likely N-dealkylation sites (tertiary alicyclic amines) is 1. The Kier molecular flexibility index (Phi) is 10.8. The van der Waals surface area contributed by atoms with E-state index in [0.29, 0.717) is 13.2 Å². The highest BCUT2D eigenvalue weighted by atomic mass is 127. The second-order valence-corrected chi connectivity index (χ2v) is 7.60. The molecule has 0 spiro atoms. The van der Waals surface area contributed by atoms with Gasteiger partial charge in [-0.2, -0.15) is 0 Å². The van der Waals surface area contributed by atoms with E-state index in [-0.39, 0.29) is 46.8 Å². The molecular formula is C21H33IN4O4. The summed E-state index contributed by atoms with van der Waals surface area (Å²) in [4.78, 5) is 17.4. The molecule has 168 valence electrons. The highest BCUT2D eigenvalue weighted by Crippen LogP contribution is 2.18. The number of nitro benzene ring substituents is 1. The lowest BCUT2D eigenvalue weighted by molar-refractivity contribution is -0.384. The van der Waals surface area contributed by atoms with Gasteiger partial charge in [-0.3, -0.25) is 10.1 Å². The molecule has 0 saturated carbocycles. The molecule has 9 heteroatoms. The van der Waals surface area contributed by atoms with E-state index in [4.69, 9.17) is 14.5 Å². The molecule has 1 aromatic rings. The maximum absolute atomic E-state index is 10.8. The highest BCUT2D eigenvalue weighted by molar-refractivity contribution is 14.0. The fourth-order valence-corrected chi connectivity index (χ4v) is 3.73. The van der Waals surface area contributed by atoms with E-state index in [0.717, 1.165) is 57.0 Å². The molecule has 0 aliphatic carbocycles. The van der Waals surface area contributed by atoms with Gasteiger partial charge in [0.05, 0.1) is 30.3 Å². The van der Waals surface area contributed by atoms with E-state index in [9.17, 15) is 10.1 Å². The molecular weight excluding hydrogens is 499 g/mol. The minimum atomic E-state index is -0.385. The van der Waals surface area contributed by atoms with E-state index in [2.05, 4.69) is 17.1 Å². The van der Waals surface area contributed by atoms with Crippen molar-refractivity contribution < 1.29 is 14.4 Å². The van der Waals surface area contributed by atoms with Gasteiger partial charge in [-0.15, -0.1) is 24.0 Å². The van der Waals surface area contributed by atoms with E-state index in [1.165, 1.54) is 25.0 Å². The molecule has 2 aliphatic rings. The summed E-state index contributed by atoms with van der Waals surface area (Å²) < 4.78 is 11.9. The van der Waals surface area contributed by atoms with Crippen LogP contribution in [0.3, 0.4) is 0 Å². The number of nitrogens with zero attached hydrogens (tertiary/aromatic N) is 3. The number of benzene rings is 1. The van der Waals surface area contributed by atoms with Crippen molar-refractivity contribution in [2.45, 2.75) is 57.8 Å². The zero-order valence-corrected chi connectivity index (χ0v) is 20.0. The van der Waals surface area contributed by atoms with Crippen molar-refractivity contribution in [3.8, 4) is 0 Å². The van der Waals surface area contributed by atoms with Gasteiger partial charge in [0, 0.05) is 38.4 Å². The molecule has 1 unspecified atom stereocenters. The summed E-state index contributed by atoms with van der Waals surface area (Å²) in [6.45, 7) is 6.74. The third kappa shape index (κ3) is 7.66. The molecule has 0 bridgehead atoms.